The van der Waals surface area contributed by atoms with Gasteiger partial charge >= 0.3 is 0 Å². The van der Waals surface area contributed by atoms with Gasteiger partial charge in [0.25, 0.3) is 0 Å². The largest absolute Gasteiger partial charge is 0.493 e. The third-order valence-corrected chi connectivity index (χ3v) is 4.26. The third kappa shape index (κ3) is 3.00. The first-order valence-corrected chi connectivity index (χ1v) is 7.66. The monoisotopic (exact) mass is 348 g/mol. The zero-order chi connectivity index (χ0) is 14.8. The van der Waals surface area contributed by atoms with E-state index in [1.807, 2.05) is 12.1 Å². The lowest BCUT2D eigenvalue weighted by atomic mass is 10.0. The Balaban J connectivity index is 1.70. The van der Waals surface area contributed by atoms with Gasteiger partial charge in [-0.3, -0.25) is 4.79 Å². The van der Waals surface area contributed by atoms with Gasteiger partial charge in [0.15, 0.2) is 5.78 Å². The van der Waals surface area contributed by atoms with Gasteiger partial charge in [-0.05, 0) is 51.7 Å². The molecule has 0 radical (unpaired) electrons. The summed E-state index contributed by atoms with van der Waals surface area (Å²) in [5.74, 6) is 0.276. The van der Waals surface area contributed by atoms with Crippen LogP contribution >= 0.6 is 15.9 Å². The van der Waals surface area contributed by atoms with Crippen LogP contribution in [0.1, 0.15) is 27.9 Å². The highest BCUT2D eigenvalue weighted by Gasteiger charge is 2.15. The lowest BCUT2D eigenvalue weighted by Crippen LogP contribution is -2.04. The Labute approximate surface area is 131 Å². The molecule has 2 aromatic carbocycles. The van der Waals surface area contributed by atoms with Crippen molar-refractivity contribution in [2.45, 2.75) is 19.3 Å². The van der Waals surface area contributed by atoms with Crippen molar-refractivity contribution >= 4 is 21.7 Å². The van der Waals surface area contributed by atoms with Crippen molar-refractivity contribution < 1.29 is 13.9 Å². The van der Waals surface area contributed by atoms with Gasteiger partial charge in [0, 0.05) is 12.8 Å². The van der Waals surface area contributed by atoms with Gasteiger partial charge in [0.1, 0.15) is 11.6 Å². The minimum absolute atomic E-state index is 0.147. The zero-order valence-electron chi connectivity index (χ0n) is 11.4. The molecular formula is C17H14BrFO2. The molecule has 0 spiro atoms. The molecule has 2 aromatic rings. The second-order valence-corrected chi connectivity index (χ2v) is 5.92. The summed E-state index contributed by atoms with van der Waals surface area (Å²) in [6.07, 6.45) is 1.82. The Kier molecular flexibility index (Phi) is 4.06. The number of ether oxygens (including phenoxy) is 1. The van der Waals surface area contributed by atoms with Crippen LogP contribution in [0.5, 0.6) is 5.75 Å². The Morgan fingerprint density at radius 3 is 3.00 bits per heavy atom. The second kappa shape index (κ2) is 5.98. The number of halogens is 2. The summed E-state index contributed by atoms with van der Waals surface area (Å²) in [6, 6.07) is 10.8. The van der Waals surface area contributed by atoms with Crippen LogP contribution in [0.25, 0.3) is 0 Å². The fourth-order valence-corrected chi connectivity index (χ4v) is 2.87. The molecule has 21 heavy (non-hydrogen) atoms. The van der Waals surface area contributed by atoms with Gasteiger partial charge in [-0.15, -0.1) is 0 Å². The van der Waals surface area contributed by atoms with Crippen molar-refractivity contribution in [1.82, 2.24) is 0 Å². The topological polar surface area (TPSA) is 26.3 Å². The van der Waals surface area contributed by atoms with Crippen molar-refractivity contribution in [2.75, 3.05) is 6.61 Å². The fourth-order valence-electron chi connectivity index (χ4n) is 2.51. The molecule has 0 aliphatic carbocycles. The number of carbonyl (C=O) groups excluding carboxylic acids is 1. The highest BCUT2D eigenvalue weighted by Crippen LogP contribution is 2.26. The van der Waals surface area contributed by atoms with Gasteiger partial charge in [0.05, 0.1) is 16.6 Å². The summed E-state index contributed by atoms with van der Waals surface area (Å²) in [5.41, 5.74) is 2.42. The molecule has 0 N–H and O–H groups in total. The highest BCUT2D eigenvalue weighted by molar-refractivity contribution is 9.10. The molecule has 1 aliphatic rings. The molecule has 2 nitrogen and oxygen atoms in total. The van der Waals surface area contributed by atoms with E-state index in [0.717, 1.165) is 24.3 Å². The first kappa shape index (κ1) is 14.3. The van der Waals surface area contributed by atoms with Crippen LogP contribution in [-0.2, 0) is 12.8 Å². The molecule has 0 saturated heterocycles. The van der Waals surface area contributed by atoms with Crippen LogP contribution in [0, 0.1) is 5.82 Å². The van der Waals surface area contributed by atoms with Gasteiger partial charge in [-0.1, -0.05) is 18.2 Å². The number of rotatable bonds is 4. The summed E-state index contributed by atoms with van der Waals surface area (Å²) in [7, 11) is 0. The number of hydrogen-bond donors (Lipinski definition) is 0. The van der Waals surface area contributed by atoms with Crippen molar-refractivity contribution in [1.29, 1.82) is 0 Å². The molecule has 4 heteroatoms. The number of benzene rings is 2. The van der Waals surface area contributed by atoms with E-state index in [4.69, 9.17) is 4.74 Å². The van der Waals surface area contributed by atoms with Crippen LogP contribution in [0.2, 0.25) is 0 Å². The van der Waals surface area contributed by atoms with E-state index in [0.29, 0.717) is 17.3 Å². The Bertz CT molecular complexity index is 697. The maximum absolute atomic E-state index is 13.9. The molecule has 1 heterocycles. The van der Waals surface area contributed by atoms with Crippen LogP contribution in [-0.4, -0.2) is 12.4 Å². The number of Topliss-reactive ketones (excluding diaryl/α,β-unsaturated/α-hetero) is 1. The average molecular weight is 349 g/mol. The molecule has 108 valence electrons. The quantitative estimate of drug-likeness (QED) is 0.768. The second-order valence-electron chi connectivity index (χ2n) is 5.07. The summed E-state index contributed by atoms with van der Waals surface area (Å²) in [6.45, 7) is 0.723. The molecular weight excluding hydrogens is 335 g/mol. The third-order valence-electron chi connectivity index (χ3n) is 3.65. The molecule has 0 unspecified atom stereocenters. The maximum atomic E-state index is 13.9. The molecule has 3 rings (SSSR count). The predicted molar refractivity (Wildman–Crippen MR) is 82.4 cm³/mol. The van der Waals surface area contributed by atoms with Crippen LogP contribution < -0.4 is 4.74 Å². The lowest BCUT2D eigenvalue weighted by Gasteiger charge is -2.06. The van der Waals surface area contributed by atoms with E-state index in [-0.39, 0.29) is 11.3 Å². The van der Waals surface area contributed by atoms with E-state index in [1.165, 1.54) is 11.6 Å². The van der Waals surface area contributed by atoms with Gasteiger partial charge in [-0.25, -0.2) is 4.39 Å². The average Bonchev–Trinajstić information content (AvgIpc) is 2.95. The van der Waals surface area contributed by atoms with Crippen molar-refractivity contribution in [3.8, 4) is 5.75 Å². The number of hydrogen-bond acceptors (Lipinski definition) is 2. The Morgan fingerprint density at radius 1 is 1.29 bits per heavy atom. The van der Waals surface area contributed by atoms with Crippen LogP contribution in [0.3, 0.4) is 0 Å². The fraction of sp³-hybridized carbons (Fsp3) is 0.235. The number of ketones is 1. The molecule has 0 amide bonds. The van der Waals surface area contributed by atoms with Crippen LogP contribution in [0.15, 0.2) is 40.9 Å². The molecule has 0 fully saturated rings. The molecule has 0 saturated carbocycles. The van der Waals surface area contributed by atoms with Crippen molar-refractivity contribution in [2.24, 2.45) is 0 Å². The molecule has 0 aromatic heterocycles. The summed E-state index contributed by atoms with van der Waals surface area (Å²) < 4.78 is 19.7. The first-order chi connectivity index (χ1) is 10.1. The normalized spacial score (nSPS) is 12.9. The number of carbonyl (C=O) groups is 1. The van der Waals surface area contributed by atoms with Gasteiger partial charge in [0.2, 0.25) is 0 Å². The van der Waals surface area contributed by atoms with E-state index in [2.05, 4.69) is 22.0 Å². The van der Waals surface area contributed by atoms with Gasteiger partial charge in [-0.2, -0.15) is 0 Å². The van der Waals surface area contributed by atoms with E-state index < -0.39 is 5.82 Å². The number of fused-ring (bicyclic) bond motifs is 1. The molecule has 0 atom stereocenters. The standard InChI is InChI=1S/C17H14BrFO2/c18-14-3-1-2-13(17(14)19)15(20)6-4-11-5-7-16-12(10-11)8-9-21-16/h1-3,5,7,10H,4,6,8-9H2. The SMILES string of the molecule is O=C(CCc1ccc2c(c1)CCO2)c1cccc(Br)c1F. The van der Waals surface area contributed by atoms with Crippen molar-refractivity contribution in [3.63, 3.8) is 0 Å². The minimum Gasteiger partial charge on any atom is -0.493 e. The summed E-state index contributed by atoms with van der Waals surface area (Å²) >= 11 is 3.10. The summed E-state index contributed by atoms with van der Waals surface area (Å²) in [4.78, 5) is 12.1. The molecule has 0 bridgehead atoms. The number of aryl methyl sites for hydroxylation is 1. The molecule has 1 aliphatic heterocycles. The van der Waals surface area contributed by atoms with Crippen molar-refractivity contribution in [3.05, 3.63) is 63.4 Å². The Hall–Kier alpha value is -1.68. The maximum Gasteiger partial charge on any atom is 0.166 e. The minimum atomic E-state index is -0.482. The predicted octanol–water partition coefficient (Wildman–Crippen LogP) is 4.34. The van der Waals surface area contributed by atoms with E-state index in [9.17, 15) is 9.18 Å². The lowest BCUT2D eigenvalue weighted by molar-refractivity contribution is 0.0979. The zero-order valence-corrected chi connectivity index (χ0v) is 13.0. The first-order valence-electron chi connectivity index (χ1n) is 6.87. The van der Waals surface area contributed by atoms with E-state index >= 15 is 0 Å². The highest BCUT2D eigenvalue weighted by atomic mass is 79.9. The van der Waals surface area contributed by atoms with E-state index in [1.54, 1.807) is 12.1 Å². The van der Waals surface area contributed by atoms with Gasteiger partial charge < -0.3 is 4.74 Å². The summed E-state index contributed by atoms with van der Waals surface area (Å²) in [5, 5.41) is 0. The Morgan fingerprint density at radius 2 is 2.14 bits per heavy atom. The smallest absolute Gasteiger partial charge is 0.166 e. The van der Waals surface area contributed by atoms with Crippen LogP contribution in [0.4, 0.5) is 4.39 Å².